The van der Waals surface area contributed by atoms with Gasteiger partial charge >= 0.3 is 5.97 Å². The molecular formula is C16H28N2O3. The minimum absolute atomic E-state index is 0.0330. The second kappa shape index (κ2) is 7.25. The fraction of sp³-hybridized carbons (Fsp3) is 0.875. The molecule has 0 aromatic heterocycles. The van der Waals surface area contributed by atoms with Crippen LogP contribution < -0.4 is 5.32 Å². The van der Waals surface area contributed by atoms with Crippen molar-refractivity contribution in [2.24, 2.45) is 5.92 Å². The van der Waals surface area contributed by atoms with Crippen molar-refractivity contribution in [1.82, 2.24) is 10.2 Å². The van der Waals surface area contributed by atoms with E-state index in [0.717, 1.165) is 25.7 Å². The molecule has 4 unspecified atom stereocenters. The van der Waals surface area contributed by atoms with Crippen molar-refractivity contribution >= 4 is 11.9 Å². The van der Waals surface area contributed by atoms with E-state index in [1.165, 1.54) is 12.8 Å². The minimum atomic E-state index is -0.783. The monoisotopic (exact) mass is 296 g/mol. The summed E-state index contributed by atoms with van der Waals surface area (Å²) in [6.07, 6.45) is 7.14. The van der Waals surface area contributed by atoms with Gasteiger partial charge < -0.3 is 10.4 Å². The number of aliphatic carboxylic acids is 1. The summed E-state index contributed by atoms with van der Waals surface area (Å²) in [5, 5.41) is 12.4. The molecule has 0 radical (unpaired) electrons. The van der Waals surface area contributed by atoms with Gasteiger partial charge in [0.05, 0.1) is 6.04 Å². The number of hydrogen-bond acceptors (Lipinski definition) is 3. The number of carboxylic acid groups (broad SMARTS) is 1. The molecule has 2 fully saturated rings. The molecule has 1 saturated carbocycles. The highest BCUT2D eigenvalue weighted by Gasteiger charge is 2.44. The number of nitrogens with zero attached hydrogens (tertiary/aromatic N) is 1. The lowest BCUT2D eigenvalue weighted by molar-refractivity contribution is -0.152. The van der Waals surface area contributed by atoms with Gasteiger partial charge in [-0.1, -0.05) is 19.8 Å². The number of nitrogens with one attached hydrogen (secondary N) is 1. The van der Waals surface area contributed by atoms with Crippen molar-refractivity contribution in [1.29, 1.82) is 0 Å². The van der Waals surface area contributed by atoms with E-state index in [4.69, 9.17) is 0 Å². The number of likely N-dealkylation sites (tertiary alicyclic amines) is 1. The Morgan fingerprint density at radius 3 is 2.62 bits per heavy atom. The molecule has 1 heterocycles. The van der Waals surface area contributed by atoms with Crippen LogP contribution in [-0.2, 0) is 9.59 Å². The molecule has 5 nitrogen and oxygen atoms in total. The summed E-state index contributed by atoms with van der Waals surface area (Å²) < 4.78 is 0. The van der Waals surface area contributed by atoms with Crippen LogP contribution in [0, 0.1) is 5.92 Å². The molecule has 0 aromatic rings. The summed E-state index contributed by atoms with van der Waals surface area (Å²) in [5.41, 5.74) is 0. The Balaban J connectivity index is 2.15. The topological polar surface area (TPSA) is 69.6 Å². The van der Waals surface area contributed by atoms with Crippen molar-refractivity contribution in [3.63, 3.8) is 0 Å². The van der Waals surface area contributed by atoms with Crippen molar-refractivity contribution in [2.75, 3.05) is 6.54 Å². The normalized spacial score (nSPS) is 31.2. The summed E-state index contributed by atoms with van der Waals surface area (Å²) in [4.78, 5) is 25.9. The molecule has 2 rings (SSSR count). The third-order valence-corrected chi connectivity index (χ3v) is 5.08. The first-order valence-electron chi connectivity index (χ1n) is 8.34. The number of piperidine rings is 1. The standard InChI is InChI=1S/C16H28N2O3/c1-3-10-17-15(19)11(2)18-13-7-5-4-6-12(13)8-9-14(18)16(20)21/h11-14H,3-10H2,1-2H3,(H,17,19)(H,20,21). The van der Waals surface area contributed by atoms with Crippen molar-refractivity contribution < 1.29 is 14.7 Å². The fourth-order valence-corrected chi connectivity index (χ4v) is 4.01. The van der Waals surface area contributed by atoms with Crippen molar-refractivity contribution in [2.45, 2.75) is 76.9 Å². The number of carbonyl (C=O) groups excluding carboxylic acids is 1. The highest BCUT2D eigenvalue weighted by Crippen LogP contribution is 2.39. The largest absolute Gasteiger partial charge is 0.480 e. The Kier molecular flexibility index (Phi) is 5.62. The third-order valence-electron chi connectivity index (χ3n) is 5.08. The fourth-order valence-electron chi connectivity index (χ4n) is 4.01. The summed E-state index contributed by atoms with van der Waals surface area (Å²) in [6.45, 7) is 4.53. The lowest BCUT2D eigenvalue weighted by Gasteiger charge is -2.49. The molecular weight excluding hydrogens is 268 g/mol. The van der Waals surface area contributed by atoms with E-state index >= 15 is 0 Å². The maximum Gasteiger partial charge on any atom is 0.320 e. The number of fused-ring (bicyclic) bond motifs is 1. The Bertz CT molecular complexity index is 386. The van der Waals surface area contributed by atoms with Gasteiger partial charge in [0.15, 0.2) is 0 Å². The Labute approximate surface area is 127 Å². The molecule has 21 heavy (non-hydrogen) atoms. The Hall–Kier alpha value is -1.10. The van der Waals surface area contributed by atoms with Gasteiger partial charge in [0.2, 0.25) is 5.91 Å². The molecule has 5 heteroatoms. The van der Waals surface area contributed by atoms with E-state index in [1.54, 1.807) is 0 Å². The zero-order valence-electron chi connectivity index (χ0n) is 13.2. The lowest BCUT2D eigenvalue weighted by Crippen LogP contribution is -2.61. The average molecular weight is 296 g/mol. The van der Waals surface area contributed by atoms with Crippen LogP contribution in [0.25, 0.3) is 0 Å². The highest BCUT2D eigenvalue weighted by atomic mass is 16.4. The molecule has 0 bridgehead atoms. The third kappa shape index (κ3) is 3.57. The van der Waals surface area contributed by atoms with Crippen molar-refractivity contribution in [3.05, 3.63) is 0 Å². The molecule has 0 aromatic carbocycles. The number of carbonyl (C=O) groups is 2. The minimum Gasteiger partial charge on any atom is -0.480 e. The van der Waals surface area contributed by atoms with Crippen LogP contribution in [0.3, 0.4) is 0 Å². The summed E-state index contributed by atoms with van der Waals surface area (Å²) in [5.74, 6) is -0.251. The van der Waals surface area contributed by atoms with Crippen LogP contribution in [0.5, 0.6) is 0 Å². The van der Waals surface area contributed by atoms with E-state index in [1.807, 2.05) is 18.7 Å². The molecule has 1 saturated heterocycles. The Morgan fingerprint density at radius 2 is 1.95 bits per heavy atom. The van der Waals surface area contributed by atoms with Crippen LogP contribution in [0.4, 0.5) is 0 Å². The van der Waals surface area contributed by atoms with E-state index in [2.05, 4.69) is 5.32 Å². The van der Waals surface area contributed by atoms with Gasteiger partial charge in [0.1, 0.15) is 6.04 Å². The van der Waals surface area contributed by atoms with Crippen LogP contribution in [0.15, 0.2) is 0 Å². The zero-order valence-corrected chi connectivity index (χ0v) is 13.2. The first-order chi connectivity index (χ1) is 10.1. The average Bonchev–Trinajstić information content (AvgIpc) is 2.50. The van der Waals surface area contributed by atoms with Gasteiger partial charge in [-0.3, -0.25) is 14.5 Å². The highest BCUT2D eigenvalue weighted by molar-refractivity contribution is 5.83. The first-order valence-corrected chi connectivity index (χ1v) is 8.34. The lowest BCUT2D eigenvalue weighted by atomic mass is 9.75. The van der Waals surface area contributed by atoms with E-state index in [-0.39, 0.29) is 18.0 Å². The smallest absolute Gasteiger partial charge is 0.320 e. The van der Waals surface area contributed by atoms with Crippen LogP contribution in [-0.4, -0.2) is 46.6 Å². The number of carboxylic acids is 1. The van der Waals surface area contributed by atoms with E-state index in [0.29, 0.717) is 18.9 Å². The second-order valence-corrected chi connectivity index (χ2v) is 6.46. The molecule has 0 spiro atoms. The predicted octanol–water partition coefficient (Wildman–Crippen LogP) is 2.01. The van der Waals surface area contributed by atoms with Crippen LogP contribution in [0.2, 0.25) is 0 Å². The molecule has 4 atom stereocenters. The molecule has 2 aliphatic rings. The van der Waals surface area contributed by atoms with Crippen molar-refractivity contribution in [3.8, 4) is 0 Å². The first kappa shape index (κ1) is 16.3. The summed E-state index contributed by atoms with van der Waals surface area (Å²) in [6, 6.07) is -0.605. The van der Waals surface area contributed by atoms with Crippen LogP contribution >= 0.6 is 0 Å². The quantitative estimate of drug-likeness (QED) is 0.814. The predicted molar refractivity (Wildman–Crippen MR) is 81.0 cm³/mol. The maximum atomic E-state index is 12.3. The van der Waals surface area contributed by atoms with Gasteiger partial charge in [-0.15, -0.1) is 0 Å². The maximum absolute atomic E-state index is 12.3. The number of hydrogen-bond donors (Lipinski definition) is 2. The van der Waals surface area contributed by atoms with Gasteiger partial charge in [-0.25, -0.2) is 0 Å². The second-order valence-electron chi connectivity index (χ2n) is 6.46. The molecule has 1 aliphatic carbocycles. The van der Waals surface area contributed by atoms with E-state index < -0.39 is 12.0 Å². The van der Waals surface area contributed by atoms with Gasteiger partial charge in [0, 0.05) is 12.6 Å². The van der Waals surface area contributed by atoms with Gasteiger partial charge in [0.25, 0.3) is 0 Å². The molecule has 1 amide bonds. The Morgan fingerprint density at radius 1 is 1.24 bits per heavy atom. The molecule has 120 valence electrons. The SMILES string of the molecule is CCCNC(=O)C(C)N1C(C(=O)O)CCC2CCCCC21. The zero-order chi connectivity index (χ0) is 15.4. The number of rotatable bonds is 5. The van der Waals surface area contributed by atoms with Gasteiger partial charge in [-0.05, 0) is 44.9 Å². The summed E-state index contributed by atoms with van der Waals surface area (Å²) >= 11 is 0. The van der Waals surface area contributed by atoms with Crippen LogP contribution in [0.1, 0.15) is 58.8 Å². The summed E-state index contributed by atoms with van der Waals surface area (Å²) in [7, 11) is 0. The van der Waals surface area contributed by atoms with E-state index in [9.17, 15) is 14.7 Å². The molecule has 1 aliphatic heterocycles. The number of amides is 1. The van der Waals surface area contributed by atoms with Gasteiger partial charge in [-0.2, -0.15) is 0 Å². The molecule has 2 N–H and O–H groups in total.